The molecule has 0 aliphatic heterocycles. The number of hydrogen-bond acceptors (Lipinski definition) is 5. The first-order valence-electron chi connectivity index (χ1n) is 3.66. The first-order chi connectivity index (χ1) is 6.63. The molecule has 0 bridgehead atoms. The van der Waals surface area contributed by atoms with E-state index in [1.54, 1.807) is 6.92 Å². The summed E-state index contributed by atoms with van der Waals surface area (Å²) in [6, 6.07) is 0. The summed E-state index contributed by atoms with van der Waals surface area (Å²) in [4.78, 5) is 18.0. The van der Waals surface area contributed by atoms with Crippen LogP contribution in [0.3, 0.4) is 0 Å². The van der Waals surface area contributed by atoms with E-state index in [0.29, 0.717) is 0 Å². The maximum atomic E-state index is 10.9. The van der Waals surface area contributed by atoms with Gasteiger partial charge in [0.15, 0.2) is 0 Å². The van der Waals surface area contributed by atoms with Gasteiger partial charge in [0, 0.05) is 0 Å². The van der Waals surface area contributed by atoms with E-state index < -0.39 is 6.16 Å². The molecule has 0 radical (unpaired) electrons. The molecule has 5 nitrogen and oxygen atoms in total. The van der Waals surface area contributed by atoms with Crippen LogP contribution < -0.4 is 4.74 Å². The van der Waals surface area contributed by atoms with Crippen molar-refractivity contribution < 1.29 is 14.3 Å². The fourth-order valence-corrected chi connectivity index (χ4v) is 0.884. The molecular weight excluding hydrogens is 231 g/mol. The highest BCUT2D eigenvalue weighted by Gasteiger charge is 2.11. The van der Waals surface area contributed by atoms with Gasteiger partial charge in [-0.1, -0.05) is 11.6 Å². The highest BCUT2D eigenvalue weighted by molar-refractivity contribution is 6.32. The third-order valence-electron chi connectivity index (χ3n) is 1.12. The third-order valence-corrected chi connectivity index (χ3v) is 1.57. The summed E-state index contributed by atoms with van der Waals surface area (Å²) in [5, 5.41) is 0.0242. The van der Waals surface area contributed by atoms with Gasteiger partial charge < -0.3 is 9.47 Å². The largest absolute Gasteiger partial charge is 0.515 e. The predicted octanol–water partition coefficient (Wildman–Crippen LogP) is 2.32. The summed E-state index contributed by atoms with van der Waals surface area (Å²) >= 11 is 11.1. The third kappa shape index (κ3) is 3.01. The smallest absolute Gasteiger partial charge is 0.434 e. The number of ether oxygens (including phenoxy) is 2. The molecule has 0 amide bonds. The van der Waals surface area contributed by atoms with Gasteiger partial charge in [-0.3, -0.25) is 0 Å². The summed E-state index contributed by atoms with van der Waals surface area (Å²) in [5.74, 6) is -0.120. The van der Waals surface area contributed by atoms with Crippen LogP contribution in [0.25, 0.3) is 0 Å². The second-order valence-electron chi connectivity index (χ2n) is 2.08. The maximum Gasteiger partial charge on any atom is 0.515 e. The van der Waals surface area contributed by atoms with Crippen molar-refractivity contribution in [3.05, 3.63) is 16.5 Å². The van der Waals surface area contributed by atoms with E-state index in [1.165, 1.54) is 6.20 Å². The van der Waals surface area contributed by atoms with Crippen LogP contribution in [0.15, 0.2) is 6.20 Å². The number of rotatable bonds is 2. The monoisotopic (exact) mass is 236 g/mol. The van der Waals surface area contributed by atoms with E-state index >= 15 is 0 Å². The minimum Gasteiger partial charge on any atom is -0.434 e. The van der Waals surface area contributed by atoms with Crippen LogP contribution in [-0.2, 0) is 4.74 Å². The fourth-order valence-electron chi connectivity index (χ4n) is 0.629. The van der Waals surface area contributed by atoms with E-state index in [1.807, 2.05) is 0 Å². The van der Waals surface area contributed by atoms with Gasteiger partial charge in [-0.15, -0.1) is 0 Å². The van der Waals surface area contributed by atoms with Gasteiger partial charge in [-0.2, -0.15) is 4.98 Å². The molecule has 0 fully saturated rings. The van der Waals surface area contributed by atoms with Gasteiger partial charge in [0.1, 0.15) is 5.02 Å². The zero-order chi connectivity index (χ0) is 10.6. The molecule has 0 N–H and O–H groups in total. The van der Waals surface area contributed by atoms with E-state index in [9.17, 15) is 4.79 Å². The van der Waals surface area contributed by atoms with Crippen LogP contribution in [0.1, 0.15) is 6.92 Å². The van der Waals surface area contributed by atoms with Crippen LogP contribution in [-0.4, -0.2) is 22.7 Å². The fraction of sp³-hybridized carbons (Fsp3) is 0.286. The summed E-state index contributed by atoms with van der Waals surface area (Å²) < 4.78 is 9.16. The maximum absolute atomic E-state index is 10.9. The average Bonchev–Trinajstić information content (AvgIpc) is 2.12. The van der Waals surface area contributed by atoms with E-state index in [4.69, 9.17) is 23.2 Å². The minimum atomic E-state index is -0.885. The van der Waals surface area contributed by atoms with Crippen molar-refractivity contribution in [3.8, 4) is 5.88 Å². The molecule has 14 heavy (non-hydrogen) atoms. The van der Waals surface area contributed by atoms with Crippen LogP contribution in [0.2, 0.25) is 10.3 Å². The zero-order valence-corrected chi connectivity index (χ0v) is 8.67. The van der Waals surface area contributed by atoms with E-state index in [0.717, 1.165) is 0 Å². The summed E-state index contributed by atoms with van der Waals surface area (Å²) in [7, 11) is 0. The molecule has 0 saturated heterocycles. The quantitative estimate of drug-likeness (QED) is 0.583. The van der Waals surface area contributed by atoms with Crippen LogP contribution in [0, 0.1) is 0 Å². The zero-order valence-electron chi connectivity index (χ0n) is 7.16. The number of carbonyl (C=O) groups excluding carboxylic acids is 1. The molecule has 0 atom stereocenters. The van der Waals surface area contributed by atoms with Crippen molar-refractivity contribution in [1.82, 2.24) is 9.97 Å². The highest BCUT2D eigenvalue weighted by atomic mass is 35.5. The van der Waals surface area contributed by atoms with Crippen LogP contribution in [0.5, 0.6) is 5.88 Å². The SMILES string of the molecule is CCOC(=O)Oc1nc(Cl)ncc1Cl. The Morgan fingerprint density at radius 1 is 1.57 bits per heavy atom. The van der Waals surface area contributed by atoms with Crippen LogP contribution >= 0.6 is 23.2 Å². The average molecular weight is 237 g/mol. The van der Waals surface area contributed by atoms with Crippen molar-refractivity contribution in [3.63, 3.8) is 0 Å². The van der Waals surface area contributed by atoms with Crippen LogP contribution in [0.4, 0.5) is 4.79 Å². The molecule has 1 aromatic heterocycles. The van der Waals surface area contributed by atoms with Crippen molar-refractivity contribution >= 4 is 29.4 Å². The van der Waals surface area contributed by atoms with Gasteiger partial charge >= 0.3 is 6.16 Å². The van der Waals surface area contributed by atoms with Crippen molar-refractivity contribution in [1.29, 1.82) is 0 Å². The van der Waals surface area contributed by atoms with Crippen molar-refractivity contribution in [2.75, 3.05) is 6.61 Å². The number of halogens is 2. The van der Waals surface area contributed by atoms with Gasteiger partial charge in [0.25, 0.3) is 0 Å². The molecule has 76 valence electrons. The lowest BCUT2D eigenvalue weighted by atomic mass is 10.6. The number of nitrogens with zero attached hydrogens (tertiary/aromatic N) is 2. The molecule has 0 spiro atoms. The second-order valence-corrected chi connectivity index (χ2v) is 2.82. The molecule has 1 heterocycles. The number of aromatic nitrogens is 2. The Bertz CT molecular complexity index is 346. The molecule has 0 aromatic carbocycles. The Kier molecular flexibility index (Phi) is 3.91. The molecule has 1 rings (SSSR count). The van der Waals surface area contributed by atoms with E-state index in [-0.39, 0.29) is 22.8 Å². The Labute approximate surface area is 90.0 Å². The lowest BCUT2D eigenvalue weighted by Crippen LogP contribution is -2.11. The molecule has 0 saturated carbocycles. The Morgan fingerprint density at radius 3 is 2.93 bits per heavy atom. The second kappa shape index (κ2) is 4.97. The molecule has 0 unspecified atom stereocenters. The Hall–Kier alpha value is -1.07. The number of carbonyl (C=O) groups is 1. The number of hydrogen-bond donors (Lipinski definition) is 0. The highest BCUT2D eigenvalue weighted by Crippen LogP contribution is 2.21. The van der Waals surface area contributed by atoms with Gasteiger partial charge in [0.2, 0.25) is 11.2 Å². The standard InChI is InChI=1S/C7H6Cl2N2O3/c1-2-13-7(12)14-5-4(8)3-10-6(9)11-5/h3H,2H2,1H3. The summed E-state index contributed by atoms with van der Waals surface area (Å²) in [5.41, 5.74) is 0. The molecule has 0 aliphatic rings. The molecule has 7 heteroatoms. The minimum absolute atomic E-state index is 0.0614. The Morgan fingerprint density at radius 2 is 2.29 bits per heavy atom. The predicted molar refractivity (Wildman–Crippen MR) is 49.7 cm³/mol. The first-order valence-corrected chi connectivity index (χ1v) is 4.41. The lowest BCUT2D eigenvalue weighted by molar-refractivity contribution is 0.102. The Balaban J connectivity index is 2.75. The molecule has 0 aliphatic carbocycles. The van der Waals surface area contributed by atoms with Crippen molar-refractivity contribution in [2.45, 2.75) is 6.92 Å². The van der Waals surface area contributed by atoms with Gasteiger partial charge in [0.05, 0.1) is 12.8 Å². The topological polar surface area (TPSA) is 61.3 Å². The first kappa shape index (κ1) is 11.0. The van der Waals surface area contributed by atoms with Gasteiger partial charge in [-0.25, -0.2) is 9.78 Å². The van der Waals surface area contributed by atoms with Crippen molar-refractivity contribution in [2.24, 2.45) is 0 Å². The summed E-state index contributed by atoms with van der Waals surface area (Å²) in [6.45, 7) is 1.85. The molecule has 1 aromatic rings. The lowest BCUT2D eigenvalue weighted by Gasteiger charge is -2.03. The normalized spacial score (nSPS) is 9.64. The molecular formula is C7H6Cl2N2O3. The van der Waals surface area contributed by atoms with Gasteiger partial charge in [-0.05, 0) is 18.5 Å². The summed E-state index contributed by atoms with van der Waals surface area (Å²) in [6.07, 6.45) is 0.343. The van der Waals surface area contributed by atoms with E-state index in [2.05, 4.69) is 19.4 Å².